The van der Waals surface area contributed by atoms with Crippen LogP contribution in [0.25, 0.3) is 11.1 Å². The van der Waals surface area contributed by atoms with Crippen molar-refractivity contribution in [3.63, 3.8) is 0 Å². The molecule has 0 radical (unpaired) electrons. The molecule has 0 bridgehead atoms. The van der Waals surface area contributed by atoms with Gasteiger partial charge in [-0.1, -0.05) is 12.1 Å². The normalized spacial score (nSPS) is 12.9. The summed E-state index contributed by atoms with van der Waals surface area (Å²) in [5, 5.41) is 11.5. The maximum atomic E-state index is 14.0. The van der Waals surface area contributed by atoms with Gasteiger partial charge in [0.1, 0.15) is 5.82 Å². The molecule has 2 aromatic rings. The summed E-state index contributed by atoms with van der Waals surface area (Å²) < 4.78 is 14.0. The Kier molecular flexibility index (Phi) is 3.17. The summed E-state index contributed by atoms with van der Waals surface area (Å²) in [5.41, 5.74) is 3.07. The number of anilines is 1. The molecule has 1 aliphatic heterocycles. The van der Waals surface area contributed by atoms with Gasteiger partial charge in [-0.25, -0.2) is 4.39 Å². The van der Waals surface area contributed by atoms with Crippen LogP contribution in [0.3, 0.4) is 0 Å². The van der Waals surface area contributed by atoms with Crippen LogP contribution in [-0.2, 0) is 22.4 Å². The van der Waals surface area contributed by atoms with E-state index < -0.39 is 11.8 Å². The maximum absolute atomic E-state index is 14.0. The van der Waals surface area contributed by atoms with E-state index in [1.807, 2.05) is 0 Å². The number of carbonyl (C=O) groups is 2. The lowest BCUT2D eigenvalue weighted by molar-refractivity contribution is -0.136. The van der Waals surface area contributed by atoms with Crippen molar-refractivity contribution in [3.8, 4) is 11.1 Å². The predicted molar refractivity (Wildman–Crippen MR) is 75.5 cm³/mol. The molecule has 0 spiro atoms. The summed E-state index contributed by atoms with van der Waals surface area (Å²) in [6.45, 7) is 0. The zero-order chi connectivity index (χ0) is 15.0. The summed E-state index contributed by atoms with van der Waals surface area (Å²) in [7, 11) is 0. The number of carboxylic acids is 1. The number of benzene rings is 2. The van der Waals surface area contributed by atoms with Crippen molar-refractivity contribution in [2.75, 3.05) is 5.32 Å². The maximum Gasteiger partial charge on any atom is 0.307 e. The van der Waals surface area contributed by atoms with Crippen molar-refractivity contribution >= 4 is 17.6 Å². The predicted octanol–water partition coefficient (Wildman–Crippen LogP) is 2.61. The van der Waals surface area contributed by atoms with E-state index in [1.54, 1.807) is 18.2 Å². The molecule has 106 valence electrons. The van der Waals surface area contributed by atoms with Gasteiger partial charge < -0.3 is 10.4 Å². The van der Waals surface area contributed by atoms with Crippen molar-refractivity contribution in [2.24, 2.45) is 0 Å². The molecule has 0 fully saturated rings. The van der Waals surface area contributed by atoms with Crippen molar-refractivity contribution < 1.29 is 19.1 Å². The van der Waals surface area contributed by atoms with Gasteiger partial charge in [0.25, 0.3) is 0 Å². The van der Waals surface area contributed by atoms with Gasteiger partial charge in [-0.3, -0.25) is 9.59 Å². The highest BCUT2D eigenvalue weighted by Gasteiger charge is 2.18. The van der Waals surface area contributed by atoms with Crippen LogP contribution in [0.5, 0.6) is 0 Å². The van der Waals surface area contributed by atoms with E-state index in [0.717, 1.165) is 11.3 Å². The molecule has 1 heterocycles. The lowest BCUT2D eigenvalue weighted by Gasteiger charge is -2.08. The average molecular weight is 285 g/mol. The number of carbonyl (C=O) groups excluding carboxylic acids is 1. The Balaban J connectivity index is 2.02. The van der Waals surface area contributed by atoms with Crippen molar-refractivity contribution in [1.82, 2.24) is 0 Å². The Morgan fingerprint density at radius 3 is 2.81 bits per heavy atom. The minimum absolute atomic E-state index is 0.0813. The fourth-order valence-corrected chi connectivity index (χ4v) is 2.48. The molecule has 3 rings (SSSR count). The minimum Gasteiger partial charge on any atom is -0.481 e. The lowest BCUT2D eigenvalue weighted by Crippen LogP contribution is -2.03. The first-order valence-corrected chi connectivity index (χ1v) is 6.46. The molecule has 0 saturated carbocycles. The standard InChI is InChI=1S/C16H12FNO3/c17-13-3-1-9(6-16(20)21)5-12(13)10-2-4-14-11(7-10)8-15(19)18-14/h1-5,7H,6,8H2,(H,18,19)(H,20,21). The first kappa shape index (κ1) is 13.3. The first-order valence-electron chi connectivity index (χ1n) is 6.46. The van der Waals surface area contributed by atoms with Crippen LogP contribution in [0.2, 0.25) is 0 Å². The van der Waals surface area contributed by atoms with Gasteiger partial charge in [0.15, 0.2) is 0 Å². The molecule has 1 aliphatic rings. The second-order valence-corrected chi connectivity index (χ2v) is 4.98. The highest BCUT2D eigenvalue weighted by atomic mass is 19.1. The minimum atomic E-state index is -0.962. The number of halogens is 1. The quantitative estimate of drug-likeness (QED) is 0.911. The number of hydrogen-bond acceptors (Lipinski definition) is 2. The van der Waals surface area contributed by atoms with E-state index in [9.17, 15) is 14.0 Å². The molecule has 0 saturated heterocycles. The number of hydrogen-bond donors (Lipinski definition) is 2. The number of amides is 1. The zero-order valence-electron chi connectivity index (χ0n) is 11.0. The molecule has 0 unspecified atom stereocenters. The third kappa shape index (κ3) is 2.63. The van der Waals surface area contributed by atoms with Gasteiger partial charge in [-0.15, -0.1) is 0 Å². The van der Waals surface area contributed by atoms with Crippen LogP contribution in [-0.4, -0.2) is 17.0 Å². The molecular weight excluding hydrogens is 273 g/mol. The second-order valence-electron chi connectivity index (χ2n) is 4.98. The van der Waals surface area contributed by atoms with Gasteiger partial charge in [-0.05, 0) is 41.0 Å². The van der Waals surface area contributed by atoms with Gasteiger partial charge in [0, 0.05) is 11.3 Å². The number of aliphatic carboxylic acids is 1. The molecule has 0 aliphatic carbocycles. The van der Waals surface area contributed by atoms with Gasteiger partial charge >= 0.3 is 5.97 Å². The van der Waals surface area contributed by atoms with E-state index in [4.69, 9.17) is 5.11 Å². The fourth-order valence-electron chi connectivity index (χ4n) is 2.48. The molecular formula is C16H12FNO3. The van der Waals surface area contributed by atoms with E-state index in [-0.39, 0.29) is 18.7 Å². The van der Waals surface area contributed by atoms with Crippen molar-refractivity contribution in [2.45, 2.75) is 12.8 Å². The van der Waals surface area contributed by atoms with Crippen LogP contribution in [0.1, 0.15) is 11.1 Å². The summed E-state index contributed by atoms with van der Waals surface area (Å²) in [6, 6.07) is 9.48. The van der Waals surface area contributed by atoms with Crippen LogP contribution in [0.4, 0.5) is 10.1 Å². The smallest absolute Gasteiger partial charge is 0.307 e. The number of carboxylic acid groups (broad SMARTS) is 1. The molecule has 0 aromatic heterocycles. The number of rotatable bonds is 3. The van der Waals surface area contributed by atoms with E-state index in [1.165, 1.54) is 18.2 Å². The van der Waals surface area contributed by atoms with Crippen molar-refractivity contribution in [3.05, 3.63) is 53.3 Å². The third-order valence-corrected chi connectivity index (χ3v) is 3.43. The molecule has 0 atom stereocenters. The van der Waals surface area contributed by atoms with Crippen LogP contribution >= 0.6 is 0 Å². The molecule has 21 heavy (non-hydrogen) atoms. The fraction of sp³-hybridized carbons (Fsp3) is 0.125. The summed E-state index contributed by atoms with van der Waals surface area (Å²) in [4.78, 5) is 22.1. The molecule has 5 heteroatoms. The second kappa shape index (κ2) is 5.01. The average Bonchev–Trinajstić information content (AvgIpc) is 2.79. The highest BCUT2D eigenvalue weighted by molar-refractivity contribution is 5.99. The first-order chi connectivity index (χ1) is 10.0. The third-order valence-electron chi connectivity index (χ3n) is 3.43. The monoisotopic (exact) mass is 285 g/mol. The molecule has 2 aromatic carbocycles. The van der Waals surface area contributed by atoms with Crippen molar-refractivity contribution in [1.29, 1.82) is 0 Å². The van der Waals surface area contributed by atoms with Gasteiger partial charge in [0.05, 0.1) is 12.8 Å². The summed E-state index contributed by atoms with van der Waals surface area (Å²) in [6.07, 6.45) is 0.123. The van der Waals surface area contributed by atoms with Crippen LogP contribution in [0.15, 0.2) is 36.4 Å². The Morgan fingerprint density at radius 1 is 1.24 bits per heavy atom. The number of fused-ring (bicyclic) bond motifs is 1. The Bertz CT molecular complexity index is 755. The van der Waals surface area contributed by atoms with E-state index in [0.29, 0.717) is 16.7 Å². The molecule has 4 nitrogen and oxygen atoms in total. The molecule has 2 N–H and O–H groups in total. The van der Waals surface area contributed by atoms with Crippen LogP contribution < -0.4 is 5.32 Å². The summed E-state index contributed by atoms with van der Waals surface area (Å²) in [5.74, 6) is -1.46. The Hall–Kier alpha value is -2.69. The Morgan fingerprint density at radius 2 is 2.05 bits per heavy atom. The van der Waals surface area contributed by atoms with Gasteiger partial charge in [0.2, 0.25) is 5.91 Å². The lowest BCUT2D eigenvalue weighted by atomic mass is 9.98. The highest BCUT2D eigenvalue weighted by Crippen LogP contribution is 2.31. The van der Waals surface area contributed by atoms with E-state index >= 15 is 0 Å². The zero-order valence-corrected chi connectivity index (χ0v) is 11.0. The molecule has 1 amide bonds. The Labute approximate surface area is 120 Å². The topological polar surface area (TPSA) is 66.4 Å². The summed E-state index contributed by atoms with van der Waals surface area (Å²) >= 11 is 0. The number of nitrogens with one attached hydrogen (secondary N) is 1. The van der Waals surface area contributed by atoms with Gasteiger partial charge in [-0.2, -0.15) is 0 Å². The largest absolute Gasteiger partial charge is 0.481 e. The SMILES string of the molecule is O=C(O)Cc1ccc(F)c(-c2ccc3c(c2)CC(=O)N3)c1. The van der Waals surface area contributed by atoms with E-state index in [2.05, 4.69) is 5.32 Å². The van der Waals surface area contributed by atoms with Crippen LogP contribution in [0, 0.1) is 5.82 Å².